The second-order valence-corrected chi connectivity index (χ2v) is 9.69. The molecule has 28 heavy (non-hydrogen) atoms. The minimum atomic E-state index is -2.99. The van der Waals surface area contributed by atoms with Gasteiger partial charge in [0.25, 0.3) is 5.91 Å². The van der Waals surface area contributed by atoms with Crippen molar-refractivity contribution in [1.82, 2.24) is 14.7 Å². The summed E-state index contributed by atoms with van der Waals surface area (Å²) < 4.78 is 31.1. The van der Waals surface area contributed by atoms with Gasteiger partial charge in [-0.2, -0.15) is 5.10 Å². The molecular weight excluding hydrogens is 378 g/mol. The Labute approximate surface area is 163 Å². The maximum absolute atomic E-state index is 12.8. The van der Waals surface area contributed by atoms with Crippen molar-refractivity contribution >= 4 is 26.7 Å². The Balaban J connectivity index is 1.56. The van der Waals surface area contributed by atoms with Crippen LogP contribution in [0.3, 0.4) is 0 Å². The number of carbonyl (C=O) groups is 1. The van der Waals surface area contributed by atoms with Crippen LogP contribution in [-0.2, 0) is 16.4 Å². The van der Waals surface area contributed by atoms with Gasteiger partial charge in [-0.25, -0.2) is 8.42 Å². The molecule has 0 saturated carbocycles. The van der Waals surface area contributed by atoms with Gasteiger partial charge in [-0.1, -0.05) is 18.2 Å². The van der Waals surface area contributed by atoms with E-state index in [0.717, 1.165) is 22.3 Å². The minimum Gasteiger partial charge on any atom is -0.451 e. The molecule has 1 fully saturated rings. The van der Waals surface area contributed by atoms with E-state index in [2.05, 4.69) is 5.10 Å². The number of sulfone groups is 1. The fourth-order valence-electron chi connectivity index (χ4n) is 3.83. The van der Waals surface area contributed by atoms with Gasteiger partial charge in [-0.3, -0.25) is 9.48 Å². The first-order chi connectivity index (χ1) is 13.2. The number of carbonyl (C=O) groups excluding carboxylic acids is 1. The topological polar surface area (TPSA) is 85.4 Å². The van der Waals surface area contributed by atoms with Gasteiger partial charge in [0.15, 0.2) is 15.6 Å². The van der Waals surface area contributed by atoms with Crippen LogP contribution in [0, 0.1) is 13.8 Å². The van der Waals surface area contributed by atoms with Gasteiger partial charge < -0.3 is 9.32 Å². The van der Waals surface area contributed by atoms with E-state index >= 15 is 0 Å². The molecule has 1 aliphatic heterocycles. The molecule has 0 N–H and O–H groups in total. The standard InChI is InChI=1S/C20H23N3O4S/c1-13-17(14(2)23(21-13)16-8-9-28(25,26)12-16)11-22(3)20(24)19-10-15-6-4-5-7-18(15)27-19/h4-7,10,16H,8-9,11-12H2,1-3H3/t16-/m0/s1. The molecule has 1 amide bonds. The van der Waals surface area contributed by atoms with Crippen molar-refractivity contribution < 1.29 is 17.6 Å². The Hall–Kier alpha value is -2.61. The van der Waals surface area contributed by atoms with E-state index in [1.54, 1.807) is 18.0 Å². The highest BCUT2D eigenvalue weighted by atomic mass is 32.2. The maximum Gasteiger partial charge on any atom is 0.289 e. The average molecular weight is 401 g/mol. The molecule has 0 unspecified atom stereocenters. The van der Waals surface area contributed by atoms with Crippen LogP contribution in [-0.4, -0.2) is 47.6 Å². The van der Waals surface area contributed by atoms with Gasteiger partial charge >= 0.3 is 0 Å². The molecule has 0 bridgehead atoms. The van der Waals surface area contributed by atoms with E-state index in [1.165, 1.54) is 0 Å². The van der Waals surface area contributed by atoms with Crippen LogP contribution in [0.1, 0.15) is 40.0 Å². The molecule has 1 aromatic carbocycles. The molecule has 7 nitrogen and oxygen atoms in total. The fraction of sp³-hybridized carbons (Fsp3) is 0.400. The van der Waals surface area contributed by atoms with Crippen molar-refractivity contribution in [3.63, 3.8) is 0 Å². The summed E-state index contributed by atoms with van der Waals surface area (Å²) in [4.78, 5) is 14.4. The fourth-order valence-corrected chi connectivity index (χ4v) is 5.53. The highest BCUT2D eigenvalue weighted by molar-refractivity contribution is 7.91. The minimum absolute atomic E-state index is 0.127. The summed E-state index contributed by atoms with van der Waals surface area (Å²) in [6, 6.07) is 9.13. The van der Waals surface area contributed by atoms with E-state index in [4.69, 9.17) is 4.42 Å². The van der Waals surface area contributed by atoms with E-state index in [9.17, 15) is 13.2 Å². The van der Waals surface area contributed by atoms with E-state index in [0.29, 0.717) is 24.3 Å². The molecule has 1 saturated heterocycles. The first kappa shape index (κ1) is 18.7. The summed E-state index contributed by atoms with van der Waals surface area (Å²) in [6.45, 7) is 4.20. The molecule has 3 aromatic rings. The molecule has 3 heterocycles. The molecule has 1 aliphatic rings. The summed E-state index contributed by atoms with van der Waals surface area (Å²) in [5.41, 5.74) is 3.34. The number of aromatic nitrogens is 2. The van der Waals surface area contributed by atoms with Crippen LogP contribution in [0.15, 0.2) is 34.7 Å². The van der Waals surface area contributed by atoms with Crippen LogP contribution in [0.2, 0.25) is 0 Å². The van der Waals surface area contributed by atoms with E-state index in [1.807, 2.05) is 42.8 Å². The van der Waals surface area contributed by atoms with E-state index < -0.39 is 9.84 Å². The number of nitrogens with zero attached hydrogens (tertiary/aromatic N) is 3. The zero-order valence-electron chi connectivity index (χ0n) is 16.2. The van der Waals surface area contributed by atoms with Crippen LogP contribution >= 0.6 is 0 Å². The first-order valence-corrected chi connectivity index (χ1v) is 11.1. The number of hydrogen-bond donors (Lipinski definition) is 0. The molecule has 0 spiro atoms. The van der Waals surface area contributed by atoms with Gasteiger partial charge in [0, 0.05) is 30.2 Å². The van der Waals surface area contributed by atoms with Gasteiger partial charge in [0.1, 0.15) is 5.58 Å². The first-order valence-electron chi connectivity index (χ1n) is 9.24. The van der Waals surface area contributed by atoms with Crippen molar-refractivity contribution in [2.45, 2.75) is 32.9 Å². The number of para-hydroxylation sites is 1. The average Bonchev–Trinajstić information content (AvgIpc) is 3.32. The Kier molecular flexibility index (Phi) is 4.53. The second kappa shape index (κ2) is 6.77. The Bertz CT molecular complexity index is 1130. The Morgan fingerprint density at radius 3 is 2.75 bits per heavy atom. The summed E-state index contributed by atoms with van der Waals surface area (Å²) in [6.07, 6.45) is 0.581. The second-order valence-electron chi connectivity index (χ2n) is 7.46. The number of benzene rings is 1. The zero-order chi connectivity index (χ0) is 20.1. The van der Waals surface area contributed by atoms with Gasteiger partial charge in [0.05, 0.1) is 23.2 Å². The van der Waals surface area contributed by atoms with Crippen LogP contribution in [0.25, 0.3) is 11.0 Å². The molecule has 4 rings (SSSR count). The lowest BCUT2D eigenvalue weighted by molar-refractivity contribution is 0.0755. The number of rotatable bonds is 4. The Morgan fingerprint density at radius 1 is 1.32 bits per heavy atom. The molecule has 2 aromatic heterocycles. The third-order valence-electron chi connectivity index (χ3n) is 5.41. The molecule has 148 valence electrons. The summed E-state index contributed by atoms with van der Waals surface area (Å²) >= 11 is 0. The normalized spacial score (nSPS) is 18.6. The summed E-state index contributed by atoms with van der Waals surface area (Å²) in [5.74, 6) is 0.428. The molecular formula is C20H23N3O4S. The SMILES string of the molecule is Cc1nn([C@H]2CCS(=O)(=O)C2)c(C)c1CN(C)C(=O)c1cc2ccccc2o1. The smallest absolute Gasteiger partial charge is 0.289 e. The summed E-state index contributed by atoms with van der Waals surface area (Å²) in [5, 5.41) is 5.46. The Morgan fingerprint density at radius 2 is 2.07 bits per heavy atom. The molecule has 0 aliphatic carbocycles. The van der Waals surface area contributed by atoms with Crippen LogP contribution < -0.4 is 0 Å². The zero-order valence-corrected chi connectivity index (χ0v) is 17.0. The number of amides is 1. The summed E-state index contributed by atoms with van der Waals surface area (Å²) in [7, 11) is -1.26. The van der Waals surface area contributed by atoms with Gasteiger partial charge in [-0.05, 0) is 32.4 Å². The lowest BCUT2D eigenvalue weighted by Gasteiger charge is -2.17. The lowest BCUT2D eigenvalue weighted by Crippen LogP contribution is -2.26. The van der Waals surface area contributed by atoms with Crippen LogP contribution in [0.4, 0.5) is 0 Å². The highest BCUT2D eigenvalue weighted by Gasteiger charge is 2.31. The van der Waals surface area contributed by atoms with Crippen LogP contribution in [0.5, 0.6) is 0 Å². The third kappa shape index (κ3) is 3.32. The van der Waals surface area contributed by atoms with Crippen molar-refractivity contribution in [2.75, 3.05) is 18.6 Å². The molecule has 8 heteroatoms. The largest absolute Gasteiger partial charge is 0.451 e. The van der Waals surface area contributed by atoms with Crippen molar-refractivity contribution in [3.8, 4) is 0 Å². The number of aryl methyl sites for hydroxylation is 1. The monoisotopic (exact) mass is 401 g/mol. The molecule has 0 radical (unpaired) electrons. The quantitative estimate of drug-likeness (QED) is 0.671. The molecule has 1 atom stereocenters. The number of fused-ring (bicyclic) bond motifs is 1. The predicted octanol–water partition coefficient (Wildman–Crippen LogP) is 2.88. The maximum atomic E-state index is 12.8. The van der Waals surface area contributed by atoms with Crippen molar-refractivity contribution in [3.05, 3.63) is 53.0 Å². The van der Waals surface area contributed by atoms with E-state index in [-0.39, 0.29) is 23.5 Å². The predicted molar refractivity (Wildman–Crippen MR) is 106 cm³/mol. The van der Waals surface area contributed by atoms with Crippen molar-refractivity contribution in [1.29, 1.82) is 0 Å². The highest BCUT2D eigenvalue weighted by Crippen LogP contribution is 2.27. The van der Waals surface area contributed by atoms with Crippen molar-refractivity contribution in [2.24, 2.45) is 0 Å². The number of furan rings is 1. The number of hydrogen-bond acceptors (Lipinski definition) is 5. The lowest BCUT2D eigenvalue weighted by atomic mass is 10.1. The van der Waals surface area contributed by atoms with Gasteiger partial charge in [0.2, 0.25) is 0 Å². The third-order valence-corrected chi connectivity index (χ3v) is 7.16. The van der Waals surface area contributed by atoms with Gasteiger partial charge in [-0.15, -0.1) is 0 Å².